The zero-order chi connectivity index (χ0) is 14.5. The molecule has 0 radical (unpaired) electrons. The molecule has 0 saturated carbocycles. The molecule has 0 amide bonds. The van der Waals surface area contributed by atoms with E-state index < -0.39 is 28.2 Å². The van der Waals surface area contributed by atoms with Crippen LogP contribution in [0.25, 0.3) is 0 Å². The van der Waals surface area contributed by atoms with E-state index in [1.165, 1.54) is 0 Å². The molecule has 0 spiro atoms. The van der Waals surface area contributed by atoms with Crippen molar-refractivity contribution in [3.63, 3.8) is 0 Å². The molecule has 0 bridgehead atoms. The second kappa shape index (κ2) is 6.52. The van der Waals surface area contributed by atoms with Crippen molar-refractivity contribution in [1.82, 2.24) is 0 Å². The minimum atomic E-state index is -1.46. The first-order valence-corrected chi connectivity index (χ1v) is 7.42. The predicted octanol–water partition coefficient (Wildman–Crippen LogP) is 3.10. The molecule has 0 aromatic heterocycles. The van der Waals surface area contributed by atoms with Gasteiger partial charge in [0.25, 0.3) is 0 Å². The largest absolute Gasteiger partial charge is 0.293 e. The van der Waals surface area contributed by atoms with Gasteiger partial charge in [0.05, 0.1) is 11.3 Å². The standard InChI is InChI=1S/C15H12F2O2S/c16-12-6-7-14(17)13(8-12)15(18)10-20(19)9-11-4-2-1-3-5-11/h1-8H,9-10H2. The molecular weight excluding hydrogens is 282 g/mol. The van der Waals surface area contributed by atoms with Crippen LogP contribution in [-0.4, -0.2) is 15.7 Å². The summed E-state index contributed by atoms with van der Waals surface area (Å²) in [5.74, 6) is -2.26. The van der Waals surface area contributed by atoms with Crippen molar-refractivity contribution in [3.05, 3.63) is 71.3 Å². The topological polar surface area (TPSA) is 34.1 Å². The maximum atomic E-state index is 13.4. The average Bonchev–Trinajstić information content (AvgIpc) is 2.42. The SMILES string of the molecule is O=C(CS(=O)Cc1ccccc1)c1cc(F)ccc1F. The van der Waals surface area contributed by atoms with Gasteiger partial charge in [0.15, 0.2) is 5.78 Å². The van der Waals surface area contributed by atoms with Crippen LogP contribution in [-0.2, 0) is 16.6 Å². The fourth-order valence-electron chi connectivity index (χ4n) is 1.75. The highest BCUT2D eigenvalue weighted by molar-refractivity contribution is 7.85. The highest BCUT2D eigenvalue weighted by Crippen LogP contribution is 2.12. The summed E-state index contributed by atoms with van der Waals surface area (Å²) in [5, 5.41) is 0. The van der Waals surface area contributed by atoms with Crippen molar-refractivity contribution in [3.8, 4) is 0 Å². The van der Waals surface area contributed by atoms with Gasteiger partial charge in [0.1, 0.15) is 11.6 Å². The van der Waals surface area contributed by atoms with Crippen LogP contribution in [0.3, 0.4) is 0 Å². The molecule has 0 aliphatic carbocycles. The van der Waals surface area contributed by atoms with Gasteiger partial charge in [-0.1, -0.05) is 30.3 Å². The predicted molar refractivity (Wildman–Crippen MR) is 73.8 cm³/mol. The molecule has 2 aromatic rings. The first kappa shape index (κ1) is 14.5. The molecule has 2 nitrogen and oxygen atoms in total. The van der Waals surface area contributed by atoms with Crippen LogP contribution in [0.2, 0.25) is 0 Å². The Kier molecular flexibility index (Phi) is 4.74. The number of ketones is 1. The van der Waals surface area contributed by atoms with Gasteiger partial charge in [-0.25, -0.2) is 8.78 Å². The molecule has 104 valence electrons. The quantitative estimate of drug-likeness (QED) is 0.794. The lowest BCUT2D eigenvalue weighted by molar-refractivity contribution is 0.101. The summed E-state index contributed by atoms with van der Waals surface area (Å²) >= 11 is 0. The third-order valence-electron chi connectivity index (χ3n) is 2.69. The molecular formula is C15H12F2O2S. The maximum absolute atomic E-state index is 13.4. The number of hydrogen-bond donors (Lipinski definition) is 0. The number of carbonyl (C=O) groups is 1. The van der Waals surface area contributed by atoms with Crippen molar-refractivity contribution in [2.45, 2.75) is 5.75 Å². The minimum absolute atomic E-state index is 0.212. The molecule has 0 saturated heterocycles. The van der Waals surface area contributed by atoms with E-state index in [4.69, 9.17) is 0 Å². The monoisotopic (exact) mass is 294 g/mol. The first-order valence-electron chi connectivity index (χ1n) is 5.93. The number of rotatable bonds is 5. The van der Waals surface area contributed by atoms with Crippen LogP contribution >= 0.6 is 0 Å². The lowest BCUT2D eigenvalue weighted by atomic mass is 10.1. The van der Waals surface area contributed by atoms with E-state index in [1.807, 2.05) is 6.07 Å². The third kappa shape index (κ3) is 3.81. The summed E-state index contributed by atoms with van der Waals surface area (Å²) in [6.07, 6.45) is 0. The van der Waals surface area contributed by atoms with Gasteiger partial charge in [0.2, 0.25) is 0 Å². The summed E-state index contributed by atoms with van der Waals surface area (Å²) < 4.78 is 38.3. The van der Waals surface area contributed by atoms with Crippen LogP contribution in [0.1, 0.15) is 15.9 Å². The van der Waals surface area contributed by atoms with Gasteiger partial charge in [-0.3, -0.25) is 9.00 Å². The molecule has 0 heterocycles. The second-order valence-corrected chi connectivity index (χ2v) is 5.72. The average molecular weight is 294 g/mol. The van der Waals surface area contributed by atoms with E-state index in [1.54, 1.807) is 24.3 Å². The molecule has 20 heavy (non-hydrogen) atoms. The van der Waals surface area contributed by atoms with Crippen LogP contribution in [0, 0.1) is 11.6 Å². The molecule has 2 aromatic carbocycles. The molecule has 5 heteroatoms. The highest BCUT2D eigenvalue weighted by atomic mass is 32.2. The number of halogens is 2. The Morgan fingerprint density at radius 2 is 1.75 bits per heavy atom. The van der Waals surface area contributed by atoms with Gasteiger partial charge in [0, 0.05) is 16.6 Å². The Hall–Kier alpha value is -1.88. The summed E-state index contributed by atoms with van der Waals surface area (Å²) in [6, 6.07) is 11.7. The van der Waals surface area contributed by atoms with E-state index in [0.29, 0.717) is 0 Å². The fraction of sp³-hybridized carbons (Fsp3) is 0.133. The summed E-state index contributed by atoms with van der Waals surface area (Å²) in [4.78, 5) is 11.8. The second-order valence-electron chi connectivity index (χ2n) is 4.26. The van der Waals surface area contributed by atoms with Crippen LogP contribution in [0.4, 0.5) is 8.78 Å². The molecule has 1 atom stereocenters. The van der Waals surface area contributed by atoms with Gasteiger partial charge in [-0.2, -0.15) is 0 Å². The molecule has 0 aliphatic rings. The first-order chi connectivity index (χ1) is 9.56. The van der Waals surface area contributed by atoms with Gasteiger partial charge < -0.3 is 0 Å². The Morgan fingerprint density at radius 1 is 1.05 bits per heavy atom. The molecule has 0 fully saturated rings. The Bertz CT molecular complexity index is 642. The van der Waals surface area contributed by atoms with Crippen molar-refractivity contribution in [2.24, 2.45) is 0 Å². The summed E-state index contributed by atoms with van der Waals surface area (Å²) in [5.41, 5.74) is 0.477. The van der Waals surface area contributed by atoms with Crippen LogP contribution < -0.4 is 0 Å². The lowest BCUT2D eigenvalue weighted by Crippen LogP contribution is -2.14. The van der Waals surface area contributed by atoms with Crippen molar-refractivity contribution < 1.29 is 17.8 Å². The number of hydrogen-bond acceptors (Lipinski definition) is 2. The number of carbonyl (C=O) groups excluding carboxylic acids is 1. The normalized spacial score (nSPS) is 12.1. The summed E-state index contributed by atoms with van der Waals surface area (Å²) in [6.45, 7) is 0. The van der Waals surface area contributed by atoms with Crippen LogP contribution in [0.15, 0.2) is 48.5 Å². The molecule has 2 rings (SSSR count). The lowest BCUT2D eigenvalue weighted by Gasteiger charge is -2.04. The maximum Gasteiger partial charge on any atom is 0.178 e. The molecule has 0 N–H and O–H groups in total. The minimum Gasteiger partial charge on any atom is -0.293 e. The Labute approximate surface area is 117 Å². The Balaban J connectivity index is 2.04. The van der Waals surface area contributed by atoms with Crippen molar-refractivity contribution in [1.29, 1.82) is 0 Å². The third-order valence-corrected chi connectivity index (χ3v) is 3.93. The highest BCUT2D eigenvalue weighted by Gasteiger charge is 2.16. The summed E-state index contributed by atoms with van der Waals surface area (Å²) in [7, 11) is -1.46. The van der Waals surface area contributed by atoms with Gasteiger partial charge >= 0.3 is 0 Å². The van der Waals surface area contributed by atoms with Gasteiger partial charge in [-0.15, -0.1) is 0 Å². The number of Topliss-reactive ketones (excluding diaryl/α,β-unsaturated/α-hetero) is 1. The van der Waals surface area contributed by atoms with E-state index in [-0.39, 0.29) is 17.1 Å². The van der Waals surface area contributed by atoms with E-state index in [2.05, 4.69) is 0 Å². The molecule has 0 aliphatic heterocycles. The van der Waals surface area contributed by atoms with E-state index in [0.717, 1.165) is 23.8 Å². The van der Waals surface area contributed by atoms with Gasteiger partial charge in [-0.05, 0) is 23.8 Å². The zero-order valence-electron chi connectivity index (χ0n) is 10.5. The number of benzene rings is 2. The van der Waals surface area contributed by atoms with E-state index >= 15 is 0 Å². The van der Waals surface area contributed by atoms with Crippen molar-refractivity contribution >= 4 is 16.6 Å². The zero-order valence-corrected chi connectivity index (χ0v) is 11.3. The van der Waals surface area contributed by atoms with Crippen molar-refractivity contribution in [2.75, 3.05) is 5.75 Å². The van der Waals surface area contributed by atoms with Crippen LogP contribution in [0.5, 0.6) is 0 Å². The molecule has 1 unspecified atom stereocenters. The van der Waals surface area contributed by atoms with E-state index in [9.17, 15) is 17.8 Å². The smallest absolute Gasteiger partial charge is 0.178 e. The Morgan fingerprint density at radius 3 is 2.45 bits per heavy atom. The fourth-order valence-corrected chi connectivity index (χ4v) is 2.86.